The number of urea groups is 1. The Morgan fingerprint density at radius 2 is 2.07 bits per heavy atom. The maximum atomic E-state index is 11.9. The highest BCUT2D eigenvalue weighted by Gasteiger charge is 2.24. The number of fused-ring (bicyclic) bond motifs is 1. The molecule has 9 heteroatoms. The van der Waals surface area contributed by atoms with Crippen molar-refractivity contribution < 1.29 is 19.1 Å². The van der Waals surface area contributed by atoms with Gasteiger partial charge in [-0.25, -0.2) is 9.78 Å². The summed E-state index contributed by atoms with van der Waals surface area (Å²) in [5.41, 5.74) is 1.90. The number of benzene rings is 1. The first-order valence-corrected chi connectivity index (χ1v) is 9.89. The first kappa shape index (κ1) is 19.2. The summed E-state index contributed by atoms with van der Waals surface area (Å²) in [4.78, 5) is 39.5. The molecular formula is C18H22N4O4S. The van der Waals surface area contributed by atoms with E-state index >= 15 is 0 Å². The van der Waals surface area contributed by atoms with Crippen LogP contribution < -0.4 is 10.6 Å². The third-order valence-electron chi connectivity index (χ3n) is 3.92. The summed E-state index contributed by atoms with van der Waals surface area (Å²) in [6, 6.07) is 7.40. The van der Waals surface area contributed by atoms with Gasteiger partial charge in [-0.05, 0) is 31.4 Å². The zero-order chi connectivity index (χ0) is 19.2. The average Bonchev–Trinajstić information content (AvgIpc) is 3.39. The fraction of sp³-hybridized carbons (Fsp3) is 0.444. The molecule has 1 aliphatic carbocycles. The Morgan fingerprint density at radius 3 is 2.81 bits per heavy atom. The lowest BCUT2D eigenvalue weighted by atomic mass is 10.3. The SMILES string of the molecule is CCCn1c(SCC(=O)OCC(=O)NC(=O)NC2CC2)nc2ccccc21. The van der Waals surface area contributed by atoms with E-state index in [-0.39, 0.29) is 11.8 Å². The van der Waals surface area contributed by atoms with Crippen molar-refractivity contribution in [2.75, 3.05) is 12.4 Å². The van der Waals surface area contributed by atoms with Gasteiger partial charge in [0, 0.05) is 12.6 Å². The molecule has 1 fully saturated rings. The van der Waals surface area contributed by atoms with Crippen LogP contribution in [0.2, 0.25) is 0 Å². The molecule has 0 saturated heterocycles. The highest BCUT2D eigenvalue weighted by molar-refractivity contribution is 7.99. The number of carbonyl (C=O) groups excluding carboxylic acids is 3. The Morgan fingerprint density at radius 1 is 1.30 bits per heavy atom. The molecule has 1 aromatic carbocycles. The predicted octanol–water partition coefficient (Wildman–Crippen LogP) is 2.07. The van der Waals surface area contributed by atoms with Crippen LogP contribution in [-0.2, 0) is 20.9 Å². The number of hydrogen-bond acceptors (Lipinski definition) is 6. The van der Waals surface area contributed by atoms with Gasteiger partial charge < -0.3 is 14.6 Å². The second-order valence-electron chi connectivity index (χ2n) is 6.28. The van der Waals surface area contributed by atoms with Gasteiger partial charge in [-0.15, -0.1) is 0 Å². The minimum absolute atomic E-state index is 0.0363. The maximum absolute atomic E-state index is 11.9. The highest BCUT2D eigenvalue weighted by Crippen LogP contribution is 2.24. The molecule has 1 saturated carbocycles. The van der Waals surface area contributed by atoms with Crippen LogP contribution in [0.5, 0.6) is 0 Å². The number of esters is 1. The Hall–Kier alpha value is -2.55. The summed E-state index contributed by atoms with van der Waals surface area (Å²) in [7, 11) is 0. The van der Waals surface area contributed by atoms with Crippen LogP contribution in [0.3, 0.4) is 0 Å². The van der Waals surface area contributed by atoms with Crippen molar-refractivity contribution in [2.45, 2.75) is 43.9 Å². The highest BCUT2D eigenvalue weighted by atomic mass is 32.2. The van der Waals surface area contributed by atoms with Gasteiger partial charge in [0.25, 0.3) is 5.91 Å². The molecule has 3 rings (SSSR count). The number of nitrogens with one attached hydrogen (secondary N) is 2. The lowest BCUT2D eigenvalue weighted by Gasteiger charge is -2.08. The lowest BCUT2D eigenvalue weighted by Crippen LogP contribution is -2.42. The van der Waals surface area contributed by atoms with Crippen LogP contribution in [0.15, 0.2) is 29.4 Å². The number of para-hydroxylation sites is 2. The Balaban J connectivity index is 1.47. The first-order valence-electron chi connectivity index (χ1n) is 8.91. The van der Waals surface area contributed by atoms with Gasteiger partial charge in [-0.1, -0.05) is 30.8 Å². The summed E-state index contributed by atoms with van der Waals surface area (Å²) in [6.45, 7) is 2.40. The number of ether oxygens (including phenoxy) is 1. The summed E-state index contributed by atoms with van der Waals surface area (Å²) in [5, 5.41) is 5.50. The van der Waals surface area contributed by atoms with Crippen LogP contribution in [0.1, 0.15) is 26.2 Å². The Kier molecular flexibility index (Phi) is 6.33. The van der Waals surface area contributed by atoms with Crippen LogP contribution in [-0.4, -0.2) is 45.9 Å². The van der Waals surface area contributed by atoms with Crippen molar-refractivity contribution >= 4 is 40.7 Å². The van der Waals surface area contributed by atoms with E-state index < -0.39 is 24.5 Å². The molecular weight excluding hydrogens is 368 g/mol. The summed E-state index contributed by atoms with van der Waals surface area (Å²) >= 11 is 1.27. The van der Waals surface area contributed by atoms with Gasteiger partial charge in [0.15, 0.2) is 11.8 Å². The minimum atomic E-state index is -0.648. The molecule has 0 bridgehead atoms. The van der Waals surface area contributed by atoms with E-state index in [1.54, 1.807) is 0 Å². The fourth-order valence-electron chi connectivity index (χ4n) is 2.53. The quantitative estimate of drug-likeness (QED) is 0.528. The normalized spacial score (nSPS) is 13.4. The van der Waals surface area contributed by atoms with Gasteiger partial charge >= 0.3 is 12.0 Å². The number of imide groups is 1. The van der Waals surface area contributed by atoms with E-state index in [0.717, 1.165) is 42.0 Å². The smallest absolute Gasteiger partial charge is 0.321 e. The number of hydrogen-bond donors (Lipinski definition) is 2. The van der Waals surface area contributed by atoms with Crippen molar-refractivity contribution in [1.82, 2.24) is 20.2 Å². The van der Waals surface area contributed by atoms with Gasteiger partial charge in [0.2, 0.25) is 0 Å². The zero-order valence-electron chi connectivity index (χ0n) is 15.1. The third-order valence-corrected chi connectivity index (χ3v) is 4.87. The topological polar surface area (TPSA) is 102 Å². The van der Waals surface area contributed by atoms with Crippen LogP contribution in [0, 0.1) is 0 Å². The molecule has 0 aliphatic heterocycles. The van der Waals surface area contributed by atoms with Crippen molar-refractivity contribution in [3.05, 3.63) is 24.3 Å². The van der Waals surface area contributed by atoms with E-state index in [1.165, 1.54) is 11.8 Å². The molecule has 2 N–H and O–H groups in total. The standard InChI is InChI=1S/C18H22N4O4S/c1-2-9-22-14-6-4-3-5-13(14)20-18(22)27-11-16(24)26-10-15(23)21-17(25)19-12-7-8-12/h3-6,12H,2,7-11H2,1H3,(H2,19,21,23,25). The molecule has 2 aromatic rings. The minimum Gasteiger partial charge on any atom is -0.455 e. The maximum Gasteiger partial charge on any atom is 0.321 e. The first-order chi connectivity index (χ1) is 13.1. The van der Waals surface area contributed by atoms with Crippen LogP contribution >= 0.6 is 11.8 Å². The molecule has 1 heterocycles. The molecule has 0 spiro atoms. The Labute approximate surface area is 161 Å². The Bertz CT molecular complexity index is 847. The number of amides is 3. The van der Waals surface area contributed by atoms with Crippen molar-refractivity contribution in [3.63, 3.8) is 0 Å². The number of carbonyl (C=O) groups is 3. The third kappa shape index (κ3) is 5.46. The predicted molar refractivity (Wildman–Crippen MR) is 101 cm³/mol. The second kappa shape index (κ2) is 8.90. The van der Waals surface area contributed by atoms with E-state index in [2.05, 4.69) is 27.1 Å². The van der Waals surface area contributed by atoms with Crippen LogP contribution in [0.4, 0.5) is 4.79 Å². The summed E-state index contributed by atoms with van der Waals surface area (Å²) in [5.74, 6) is -1.15. The van der Waals surface area contributed by atoms with Gasteiger partial charge in [0.1, 0.15) is 0 Å². The number of rotatable bonds is 8. The monoisotopic (exact) mass is 390 g/mol. The van der Waals surface area contributed by atoms with Crippen LogP contribution in [0.25, 0.3) is 11.0 Å². The molecule has 0 atom stereocenters. The van der Waals surface area contributed by atoms with E-state index in [0.29, 0.717) is 0 Å². The number of nitrogens with zero attached hydrogens (tertiary/aromatic N) is 2. The van der Waals surface area contributed by atoms with Crippen molar-refractivity contribution in [3.8, 4) is 0 Å². The zero-order valence-corrected chi connectivity index (χ0v) is 15.9. The van der Waals surface area contributed by atoms with Crippen molar-refractivity contribution in [2.24, 2.45) is 0 Å². The van der Waals surface area contributed by atoms with Crippen molar-refractivity contribution in [1.29, 1.82) is 0 Å². The number of thioether (sulfide) groups is 1. The second-order valence-corrected chi connectivity index (χ2v) is 7.22. The molecule has 0 radical (unpaired) electrons. The lowest BCUT2D eigenvalue weighted by molar-refractivity contribution is -0.145. The van der Waals surface area contributed by atoms with E-state index in [1.807, 2.05) is 24.3 Å². The number of aromatic nitrogens is 2. The van der Waals surface area contributed by atoms with Gasteiger partial charge in [-0.3, -0.25) is 14.9 Å². The summed E-state index contributed by atoms with van der Waals surface area (Å²) < 4.78 is 7.00. The number of aryl methyl sites for hydroxylation is 1. The molecule has 0 unspecified atom stereocenters. The van der Waals surface area contributed by atoms with Gasteiger partial charge in [-0.2, -0.15) is 0 Å². The molecule has 27 heavy (non-hydrogen) atoms. The molecule has 1 aliphatic rings. The molecule has 8 nitrogen and oxygen atoms in total. The average molecular weight is 390 g/mol. The van der Waals surface area contributed by atoms with E-state index in [9.17, 15) is 14.4 Å². The van der Waals surface area contributed by atoms with Gasteiger partial charge in [0.05, 0.1) is 16.8 Å². The van der Waals surface area contributed by atoms with E-state index in [4.69, 9.17) is 4.74 Å². The largest absolute Gasteiger partial charge is 0.455 e. The molecule has 144 valence electrons. The number of imidazole rings is 1. The molecule has 3 amide bonds. The fourth-order valence-corrected chi connectivity index (χ4v) is 3.36. The summed E-state index contributed by atoms with van der Waals surface area (Å²) in [6.07, 6.45) is 2.80. The molecule has 1 aromatic heterocycles.